The molecule has 0 saturated carbocycles. The van der Waals surface area contributed by atoms with Crippen LogP contribution in [0.25, 0.3) is 0 Å². The summed E-state index contributed by atoms with van der Waals surface area (Å²) in [5, 5.41) is 10.6. The summed E-state index contributed by atoms with van der Waals surface area (Å²) < 4.78 is 68.7. The second-order valence-electron chi connectivity index (χ2n) is 28.9. The number of unbranched alkanes of at least 4 members (excludes halogenated alkanes) is 51. The maximum atomic E-state index is 13.1. The minimum absolute atomic E-state index is 0.108. The summed E-state index contributed by atoms with van der Waals surface area (Å²) in [7, 11) is -9.92. The van der Waals surface area contributed by atoms with Gasteiger partial charge >= 0.3 is 39.5 Å². The van der Waals surface area contributed by atoms with Crippen LogP contribution in [0.2, 0.25) is 0 Å². The SMILES string of the molecule is CCCCCCCCCCCCCCCCCCCC(=O)O[C@H](COC(=O)CCCCCCCCCCCCCCCCCC)COP(=O)(O)OC[C@@H](O)COP(=O)(O)OC[C@@H](COC(=O)CCCCCCCCCC(C)C)OC(=O)CCCCCCCCCCCCCCCCC. The van der Waals surface area contributed by atoms with Crippen molar-refractivity contribution in [1.29, 1.82) is 0 Å². The molecule has 0 radical (unpaired) electrons. The monoisotopic (exact) mass is 1440 g/mol. The van der Waals surface area contributed by atoms with E-state index in [9.17, 15) is 43.2 Å². The van der Waals surface area contributed by atoms with E-state index in [4.69, 9.17) is 37.0 Å². The number of hydrogen-bond donors (Lipinski definition) is 3. The third-order valence-corrected chi connectivity index (χ3v) is 20.4. The van der Waals surface area contributed by atoms with Gasteiger partial charge in [-0.05, 0) is 31.6 Å². The molecule has 0 bridgehead atoms. The highest BCUT2D eigenvalue weighted by atomic mass is 31.2. The second kappa shape index (κ2) is 72.0. The lowest BCUT2D eigenvalue weighted by Crippen LogP contribution is -2.30. The minimum atomic E-state index is -4.96. The Hall–Kier alpha value is -1.94. The van der Waals surface area contributed by atoms with Crippen LogP contribution >= 0.6 is 15.6 Å². The van der Waals surface area contributed by atoms with Gasteiger partial charge in [0.1, 0.15) is 19.3 Å². The van der Waals surface area contributed by atoms with Crippen molar-refractivity contribution in [2.24, 2.45) is 5.92 Å². The number of aliphatic hydroxyl groups is 1. The van der Waals surface area contributed by atoms with Gasteiger partial charge in [-0.2, -0.15) is 0 Å². The molecule has 0 fully saturated rings. The van der Waals surface area contributed by atoms with Crippen LogP contribution in [0.4, 0.5) is 0 Å². The van der Waals surface area contributed by atoms with E-state index in [1.807, 2.05) is 0 Å². The summed E-state index contributed by atoms with van der Waals surface area (Å²) >= 11 is 0. The lowest BCUT2D eigenvalue weighted by Gasteiger charge is -2.21. The molecule has 17 nitrogen and oxygen atoms in total. The molecule has 582 valence electrons. The normalized spacial score (nSPS) is 13.9. The van der Waals surface area contributed by atoms with Gasteiger partial charge in [0.15, 0.2) is 12.2 Å². The van der Waals surface area contributed by atoms with E-state index >= 15 is 0 Å². The summed E-state index contributed by atoms with van der Waals surface area (Å²) in [6.07, 6.45) is 62.4. The quantitative estimate of drug-likeness (QED) is 0.0222. The standard InChI is InChI=1S/C79H154O17P2/c1-6-9-12-15-18-21-24-27-30-32-35-38-41-44-49-55-60-65-78(83)95-74(68-89-76(81)62-57-52-47-42-39-36-34-31-28-25-22-19-16-13-10-7-2)70-93-97(85,86)91-66-73(80)67-92-98(87,88)94-71-75(69-90-77(82)63-58-53-50-45-46-51-56-61-72(4)5)96-79(84)64-59-54-48-43-40-37-33-29-26-23-20-17-14-11-8-3/h72-75,80H,6-71H2,1-5H3,(H,85,86)(H,87,88)/t73-,74-,75-/m1/s1. The highest BCUT2D eigenvalue weighted by molar-refractivity contribution is 7.47. The molecule has 0 heterocycles. The number of esters is 4. The van der Waals surface area contributed by atoms with Crippen molar-refractivity contribution >= 4 is 39.5 Å². The van der Waals surface area contributed by atoms with Crippen molar-refractivity contribution < 1.29 is 80.2 Å². The predicted octanol–water partition coefficient (Wildman–Crippen LogP) is 23.6. The maximum Gasteiger partial charge on any atom is 0.472 e. The zero-order valence-electron chi connectivity index (χ0n) is 63.9. The fourth-order valence-corrected chi connectivity index (χ4v) is 13.8. The molecule has 98 heavy (non-hydrogen) atoms. The predicted molar refractivity (Wildman–Crippen MR) is 400 cm³/mol. The Morgan fingerprint density at radius 1 is 0.276 bits per heavy atom. The van der Waals surface area contributed by atoms with Gasteiger partial charge < -0.3 is 33.8 Å². The summed E-state index contributed by atoms with van der Waals surface area (Å²) in [5.74, 6) is -1.40. The summed E-state index contributed by atoms with van der Waals surface area (Å²) in [4.78, 5) is 72.9. The first-order valence-electron chi connectivity index (χ1n) is 41.1. The van der Waals surface area contributed by atoms with E-state index in [1.165, 1.54) is 238 Å². The Bertz CT molecular complexity index is 1870. The third-order valence-electron chi connectivity index (χ3n) is 18.5. The van der Waals surface area contributed by atoms with Crippen LogP contribution in [0.15, 0.2) is 0 Å². The van der Waals surface area contributed by atoms with Crippen LogP contribution in [0.1, 0.15) is 420 Å². The zero-order chi connectivity index (χ0) is 71.9. The second-order valence-corrected chi connectivity index (χ2v) is 31.8. The van der Waals surface area contributed by atoms with Crippen LogP contribution in [0.5, 0.6) is 0 Å². The average molecular weight is 1440 g/mol. The Labute approximate surface area is 600 Å². The molecule has 0 spiro atoms. The Kier molecular flexibility index (Phi) is 70.6. The van der Waals surface area contributed by atoms with Gasteiger partial charge in [0.25, 0.3) is 0 Å². The highest BCUT2D eigenvalue weighted by Gasteiger charge is 2.30. The number of carbonyl (C=O) groups is 4. The van der Waals surface area contributed by atoms with Gasteiger partial charge in [-0.15, -0.1) is 0 Å². The fraction of sp³-hybridized carbons (Fsp3) is 0.949. The molecule has 19 heteroatoms. The average Bonchev–Trinajstić information content (AvgIpc) is 1.28. The van der Waals surface area contributed by atoms with Crippen molar-refractivity contribution in [3.8, 4) is 0 Å². The molecular weight excluding hydrogens is 1280 g/mol. The number of hydrogen-bond acceptors (Lipinski definition) is 15. The molecule has 0 aromatic rings. The van der Waals surface area contributed by atoms with Gasteiger partial charge in [-0.25, -0.2) is 9.13 Å². The van der Waals surface area contributed by atoms with Gasteiger partial charge in [0, 0.05) is 25.7 Å². The molecule has 0 amide bonds. The molecule has 0 rings (SSSR count). The molecule has 0 aromatic carbocycles. The van der Waals surface area contributed by atoms with Crippen LogP contribution in [-0.2, 0) is 65.4 Å². The summed E-state index contributed by atoms with van der Waals surface area (Å²) in [6, 6.07) is 0. The van der Waals surface area contributed by atoms with Crippen LogP contribution in [0.3, 0.4) is 0 Å². The summed E-state index contributed by atoms with van der Waals surface area (Å²) in [6.45, 7) is 7.27. The van der Waals surface area contributed by atoms with E-state index in [-0.39, 0.29) is 25.7 Å². The van der Waals surface area contributed by atoms with Crippen LogP contribution in [-0.4, -0.2) is 96.7 Å². The van der Waals surface area contributed by atoms with Crippen molar-refractivity contribution in [3.05, 3.63) is 0 Å². The van der Waals surface area contributed by atoms with E-state index in [0.717, 1.165) is 96.3 Å². The smallest absolute Gasteiger partial charge is 0.462 e. The zero-order valence-corrected chi connectivity index (χ0v) is 65.7. The minimum Gasteiger partial charge on any atom is -0.462 e. The first-order valence-corrected chi connectivity index (χ1v) is 44.1. The molecule has 0 aliphatic heterocycles. The van der Waals surface area contributed by atoms with E-state index in [1.54, 1.807) is 0 Å². The maximum absolute atomic E-state index is 13.1. The largest absolute Gasteiger partial charge is 0.472 e. The lowest BCUT2D eigenvalue weighted by molar-refractivity contribution is -0.161. The molecule has 5 atom stereocenters. The van der Waals surface area contributed by atoms with Gasteiger partial charge in [-0.3, -0.25) is 37.3 Å². The molecule has 0 aromatic heterocycles. The first kappa shape index (κ1) is 96.1. The number of rotatable bonds is 79. The number of aliphatic hydroxyl groups excluding tert-OH is 1. The molecule has 3 N–H and O–H groups in total. The molecule has 2 unspecified atom stereocenters. The van der Waals surface area contributed by atoms with Crippen molar-refractivity contribution in [2.45, 2.75) is 438 Å². The number of ether oxygens (including phenoxy) is 4. The number of carbonyl (C=O) groups excluding carboxylic acids is 4. The Morgan fingerprint density at radius 3 is 0.694 bits per heavy atom. The Morgan fingerprint density at radius 2 is 0.469 bits per heavy atom. The van der Waals surface area contributed by atoms with Gasteiger partial charge in [-0.1, -0.05) is 369 Å². The summed E-state index contributed by atoms with van der Waals surface area (Å²) in [5.41, 5.74) is 0. The first-order chi connectivity index (χ1) is 47.5. The van der Waals surface area contributed by atoms with Crippen LogP contribution < -0.4 is 0 Å². The lowest BCUT2D eigenvalue weighted by atomic mass is 10.0. The molecule has 0 saturated heterocycles. The molecular formula is C79H154O17P2. The van der Waals surface area contributed by atoms with E-state index in [2.05, 4.69) is 34.6 Å². The van der Waals surface area contributed by atoms with Crippen molar-refractivity contribution in [1.82, 2.24) is 0 Å². The van der Waals surface area contributed by atoms with E-state index < -0.39 is 97.5 Å². The topological polar surface area (TPSA) is 237 Å². The van der Waals surface area contributed by atoms with Gasteiger partial charge in [0.2, 0.25) is 0 Å². The van der Waals surface area contributed by atoms with Crippen LogP contribution in [0, 0.1) is 5.92 Å². The van der Waals surface area contributed by atoms with Crippen molar-refractivity contribution in [2.75, 3.05) is 39.6 Å². The van der Waals surface area contributed by atoms with Gasteiger partial charge in [0.05, 0.1) is 26.4 Å². The Balaban J connectivity index is 5.24. The third kappa shape index (κ3) is 72.4. The number of phosphoric ester groups is 2. The fourth-order valence-electron chi connectivity index (χ4n) is 12.2. The highest BCUT2D eigenvalue weighted by Crippen LogP contribution is 2.45. The molecule has 0 aliphatic carbocycles. The van der Waals surface area contributed by atoms with E-state index in [0.29, 0.717) is 31.6 Å². The molecule has 0 aliphatic rings. The number of phosphoric acid groups is 2. The van der Waals surface area contributed by atoms with Crippen molar-refractivity contribution in [3.63, 3.8) is 0 Å².